The van der Waals surface area contributed by atoms with Gasteiger partial charge in [-0.2, -0.15) is 23.5 Å². The Morgan fingerprint density at radius 1 is 1.15 bits per heavy atom. The minimum Gasteiger partial charge on any atom is -0.240 e. The first-order valence-corrected chi connectivity index (χ1v) is 6.10. The van der Waals surface area contributed by atoms with Gasteiger partial charge in [0.15, 0.2) is 5.69 Å². The molecule has 3 rings (SSSR count). The third-order valence-electron chi connectivity index (χ3n) is 3.53. The van der Waals surface area contributed by atoms with Gasteiger partial charge in [0, 0.05) is 6.20 Å². The standard InChI is InChI=1S/C14H10F3N3/c15-14(16,17)12-5-8-20(19-12)11-3-1-10(2-4-11)13(9-18)6-7-13/h1-5,8H,6-7H2. The molecule has 1 aliphatic carbocycles. The molecule has 0 amide bonds. The first-order valence-electron chi connectivity index (χ1n) is 6.10. The Bertz CT molecular complexity index is 673. The number of rotatable bonds is 2. The molecule has 1 aromatic heterocycles. The molecule has 6 heteroatoms. The predicted molar refractivity (Wildman–Crippen MR) is 65.1 cm³/mol. The normalized spacial score (nSPS) is 16.7. The van der Waals surface area contributed by atoms with Crippen LogP contribution in [0.5, 0.6) is 0 Å². The fourth-order valence-corrected chi connectivity index (χ4v) is 2.14. The highest BCUT2D eigenvalue weighted by Crippen LogP contribution is 2.47. The van der Waals surface area contributed by atoms with Crippen LogP contribution in [0.3, 0.4) is 0 Å². The molecule has 1 fully saturated rings. The summed E-state index contributed by atoms with van der Waals surface area (Å²) in [6, 6.07) is 10.1. The summed E-state index contributed by atoms with van der Waals surface area (Å²) in [5.41, 5.74) is 0.141. The van der Waals surface area contributed by atoms with Gasteiger partial charge < -0.3 is 0 Å². The smallest absolute Gasteiger partial charge is 0.240 e. The second-order valence-electron chi connectivity index (χ2n) is 4.88. The van der Waals surface area contributed by atoms with Crippen LogP contribution in [0, 0.1) is 11.3 Å². The first kappa shape index (κ1) is 12.7. The summed E-state index contributed by atoms with van der Waals surface area (Å²) < 4.78 is 38.6. The predicted octanol–water partition coefficient (Wildman–Crippen LogP) is 3.45. The molecule has 0 radical (unpaired) electrons. The van der Waals surface area contributed by atoms with Crippen LogP contribution < -0.4 is 0 Å². The van der Waals surface area contributed by atoms with Gasteiger partial charge in [-0.25, -0.2) is 4.68 Å². The molecule has 0 saturated heterocycles. The van der Waals surface area contributed by atoms with E-state index in [4.69, 9.17) is 5.26 Å². The van der Waals surface area contributed by atoms with Crippen LogP contribution in [0.4, 0.5) is 13.2 Å². The van der Waals surface area contributed by atoms with E-state index in [0.29, 0.717) is 5.69 Å². The van der Waals surface area contributed by atoms with E-state index >= 15 is 0 Å². The van der Waals surface area contributed by atoms with Crippen molar-refractivity contribution < 1.29 is 13.2 Å². The Balaban J connectivity index is 1.89. The van der Waals surface area contributed by atoms with Crippen LogP contribution in [-0.4, -0.2) is 9.78 Å². The molecule has 1 aliphatic rings. The number of aromatic nitrogens is 2. The van der Waals surface area contributed by atoms with Gasteiger partial charge in [-0.05, 0) is 36.6 Å². The minimum atomic E-state index is -4.44. The number of alkyl halides is 3. The average Bonchev–Trinajstić information content (AvgIpc) is 3.05. The second kappa shape index (κ2) is 4.10. The molecule has 1 heterocycles. The largest absolute Gasteiger partial charge is 0.435 e. The van der Waals surface area contributed by atoms with Crippen molar-refractivity contribution in [2.75, 3.05) is 0 Å². The lowest BCUT2D eigenvalue weighted by molar-refractivity contribution is -0.141. The van der Waals surface area contributed by atoms with Crippen LogP contribution >= 0.6 is 0 Å². The summed E-state index contributed by atoms with van der Waals surface area (Å²) in [7, 11) is 0. The zero-order valence-electron chi connectivity index (χ0n) is 10.4. The van der Waals surface area contributed by atoms with Crippen LogP contribution in [0.15, 0.2) is 36.5 Å². The SMILES string of the molecule is N#CC1(c2ccc(-n3ccc(C(F)(F)F)n3)cc2)CC1. The summed E-state index contributed by atoms with van der Waals surface area (Å²) in [5.74, 6) is 0. The highest BCUT2D eigenvalue weighted by molar-refractivity contribution is 5.43. The second-order valence-corrected chi connectivity index (χ2v) is 4.88. The summed E-state index contributed by atoms with van der Waals surface area (Å²) >= 11 is 0. The topological polar surface area (TPSA) is 41.6 Å². The Kier molecular flexibility index (Phi) is 2.61. The number of hydrogen-bond donors (Lipinski definition) is 0. The van der Waals surface area contributed by atoms with Crippen molar-refractivity contribution in [2.24, 2.45) is 0 Å². The fourth-order valence-electron chi connectivity index (χ4n) is 2.14. The van der Waals surface area contributed by atoms with Crippen molar-refractivity contribution in [1.82, 2.24) is 9.78 Å². The Morgan fingerprint density at radius 3 is 2.25 bits per heavy atom. The minimum absolute atomic E-state index is 0.389. The molecule has 3 nitrogen and oxygen atoms in total. The summed E-state index contributed by atoms with van der Waals surface area (Å²) in [4.78, 5) is 0. The van der Waals surface area contributed by atoms with E-state index in [1.165, 1.54) is 10.9 Å². The van der Waals surface area contributed by atoms with Gasteiger partial charge in [0.25, 0.3) is 0 Å². The number of halogens is 3. The highest BCUT2D eigenvalue weighted by atomic mass is 19.4. The molecule has 20 heavy (non-hydrogen) atoms. The molecule has 0 atom stereocenters. The van der Waals surface area contributed by atoms with E-state index in [2.05, 4.69) is 11.2 Å². The molecule has 1 saturated carbocycles. The van der Waals surface area contributed by atoms with Gasteiger partial charge in [0.05, 0.1) is 17.2 Å². The van der Waals surface area contributed by atoms with Crippen molar-refractivity contribution in [1.29, 1.82) is 5.26 Å². The summed E-state index contributed by atoms with van der Waals surface area (Å²) in [5, 5.41) is 12.6. The van der Waals surface area contributed by atoms with Crippen molar-refractivity contribution in [3.05, 3.63) is 47.8 Å². The van der Waals surface area contributed by atoms with Crippen molar-refractivity contribution >= 4 is 0 Å². The summed E-state index contributed by atoms with van der Waals surface area (Å²) in [6.07, 6.45) is -1.50. The third-order valence-corrected chi connectivity index (χ3v) is 3.53. The lowest BCUT2D eigenvalue weighted by Crippen LogP contribution is -2.07. The van der Waals surface area contributed by atoms with Crippen LogP contribution in [0.25, 0.3) is 5.69 Å². The van der Waals surface area contributed by atoms with Crippen molar-refractivity contribution in [2.45, 2.75) is 24.4 Å². The quantitative estimate of drug-likeness (QED) is 0.843. The lowest BCUT2D eigenvalue weighted by Gasteiger charge is -2.07. The molecule has 0 spiro atoms. The van der Waals surface area contributed by atoms with Crippen LogP contribution in [0.2, 0.25) is 0 Å². The third kappa shape index (κ3) is 2.05. The van der Waals surface area contributed by atoms with Crippen LogP contribution in [0.1, 0.15) is 24.1 Å². The molecular weight excluding hydrogens is 267 g/mol. The Hall–Kier alpha value is -2.29. The van der Waals surface area contributed by atoms with Gasteiger partial charge in [0.1, 0.15) is 0 Å². The molecule has 0 N–H and O–H groups in total. The van der Waals surface area contributed by atoms with Gasteiger partial charge >= 0.3 is 6.18 Å². The molecule has 1 aromatic carbocycles. The van der Waals surface area contributed by atoms with E-state index in [0.717, 1.165) is 24.5 Å². The number of nitriles is 1. The molecule has 0 unspecified atom stereocenters. The highest BCUT2D eigenvalue weighted by Gasteiger charge is 2.44. The molecule has 0 aliphatic heterocycles. The van der Waals surface area contributed by atoms with Gasteiger partial charge in [-0.15, -0.1) is 0 Å². The van der Waals surface area contributed by atoms with E-state index in [9.17, 15) is 13.2 Å². The fraction of sp³-hybridized carbons (Fsp3) is 0.286. The van der Waals surface area contributed by atoms with E-state index in [1.54, 1.807) is 24.3 Å². The van der Waals surface area contributed by atoms with E-state index in [-0.39, 0.29) is 5.41 Å². The molecule has 0 bridgehead atoms. The van der Waals surface area contributed by atoms with Crippen LogP contribution in [-0.2, 0) is 11.6 Å². The lowest BCUT2D eigenvalue weighted by atomic mass is 9.98. The van der Waals surface area contributed by atoms with Gasteiger partial charge in [-0.3, -0.25) is 0 Å². The zero-order valence-corrected chi connectivity index (χ0v) is 10.4. The molecule has 102 valence electrons. The number of nitrogens with zero attached hydrogens (tertiary/aromatic N) is 3. The summed E-state index contributed by atoms with van der Waals surface area (Å²) in [6.45, 7) is 0. The monoisotopic (exact) mass is 277 g/mol. The average molecular weight is 277 g/mol. The molecular formula is C14H10F3N3. The first-order chi connectivity index (χ1) is 9.44. The van der Waals surface area contributed by atoms with E-state index < -0.39 is 11.9 Å². The zero-order chi connectivity index (χ0) is 14.4. The maximum Gasteiger partial charge on any atom is 0.435 e. The van der Waals surface area contributed by atoms with Gasteiger partial charge in [-0.1, -0.05) is 12.1 Å². The Morgan fingerprint density at radius 2 is 1.80 bits per heavy atom. The molecule has 2 aromatic rings. The Labute approximate surface area is 113 Å². The maximum atomic E-state index is 12.5. The van der Waals surface area contributed by atoms with Crippen molar-refractivity contribution in [3.8, 4) is 11.8 Å². The van der Waals surface area contributed by atoms with Gasteiger partial charge in [0.2, 0.25) is 0 Å². The maximum absolute atomic E-state index is 12.5. The number of benzene rings is 1. The van der Waals surface area contributed by atoms with Crippen molar-refractivity contribution in [3.63, 3.8) is 0 Å². The number of hydrogen-bond acceptors (Lipinski definition) is 2. The van der Waals surface area contributed by atoms with E-state index in [1.807, 2.05) is 0 Å².